The van der Waals surface area contributed by atoms with E-state index in [0.29, 0.717) is 12.1 Å². The van der Waals surface area contributed by atoms with Crippen molar-refractivity contribution < 1.29 is 9.15 Å². The molecule has 2 aromatic rings. The van der Waals surface area contributed by atoms with Gasteiger partial charge in [-0.1, -0.05) is 0 Å². The summed E-state index contributed by atoms with van der Waals surface area (Å²) >= 11 is 0. The normalized spacial score (nSPS) is 25.6. The van der Waals surface area contributed by atoms with Crippen molar-refractivity contribution >= 4 is 0 Å². The molecule has 0 bridgehead atoms. The van der Waals surface area contributed by atoms with Crippen molar-refractivity contribution in [1.29, 1.82) is 0 Å². The zero-order valence-electron chi connectivity index (χ0n) is 13.5. The van der Waals surface area contributed by atoms with Gasteiger partial charge < -0.3 is 9.15 Å². The Hall–Kier alpha value is -1.69. The highest BCUT2D eigenvalue weighted by molar-refractivity contribution is 5.11. The number of hydrogen-bond acceptors (Lipinski definition) is 5. The van der Waals surface area contributed by atoms with E-state index in [0.717, 1.165) is 50.9 Å². The predicted octanol–water partition coefficient (Wildman–Crippen LogP) is 2.07. The van der Waals surface area contributed by atoms with Crippen LogP contribution in [0.5, 0.6) is 0 Å². The monoisotopic (exact) mass is 313 g/mol. The molecular formula is C18H23N3O2. The number of likely N-dealkylation sites (tertiary alicyclic amines) is 1. The van der Waals surface area contributed by atoms with Crippen LogP contribution < -0.4 is 0 Å². The Balaban J connectivity index is 1.42. The molecule has 2 atom stereocenters. The standard InChI is InChI=1S/C18H23N3O2/c1-14-2-3-16(23-14)11-21-8-9-22-18-13-20(12-17(18)21)10-15-4-6-19-7-5-15/h2-7,17-18H,8-13H2,1H3/t17-,18+/m1/s1. The second-order valence-electron chi connectivity index (χ2n) is 6.51. The molecule has 0 aromatic carbocycles. The quantitative estimate of drug-likeness (QED) is 0.864. The summed E-state index contributed by atoms with van der Waals surface area (Å²) in [6.45, 7) is 7.67. The molecule has 0 N–H and O–H groups in total. The minimum atomic E-state index is 0.307. The summed E-state index contributed by atoms with van der Waals surface area (Å²) in [6, 6.07) is 8.76. The van der Waals surface area contributed by atoms with Crippen molar-refractivity contribution in [2.24, 2.45) is 0 Å². The van der Waals surface area contributed by atoms with E-state index < -0.39 is 0 Å². The molecular weight excluding hydrogens is 290 g/mol. The molecule has 2 aliphatic rings. The highest BCUT2D eigenvalue weighted by Crippen LogP contribution is 2.26. The van der Waals surface area contributed by atoms with E-state index >= 15 is 0 Å². The second-order valence-corrected chi connectivity index (χ2v) is 6.51. The smallest absolute Gasteiger partial charge is 0.118 e. The molecule has 2 aromatic heterocycles. The van der Waals surface area contributed by atoms with Crippen molar-refractivity contribution in [3.8, 4) is 0 Å². The molecule has 4 rings (SSSR count). The van der Waals surface area contributed by atoms with Crippen LogP contribution in [-0.4, -0.2) is 53.2 Å². The van der Waals surface area contributed by atoms with E-state index in [9.17, 15) is 0 Å². The summed E-state index contributed by atoms with van der Waals surface area (Å²) in [5.41, 5.74) is 1.31. The van der Waals surface area contributed by atoms with Crippen LogP contribution in [0.2, 0.25) is 0 Å². The van der Waals surface area contributed by atoms with Gasteiger partial charge in [0.25, 0.3) is 0 Å². The average Bonchev–Trinajstić information content (AvgIpc) is 3.15. The molecule has 5 nitrogen and oxygen atoms in total. The highest BCUT2D eigenvalue weighted by Gasteiger charge is 2.40. The van der Waals surface area contributed by atoms with E-state index in [4.69, 9.17) is 9.15 Å². The number of hydrogen-bond donors (Lipinski definition) is 0. The van der Waals surface area contributed by atoms with Gasteiger partial charge in [0, 0.05) is 38.6 Å². The van der Waals surface area contributed by atoms with E-state index in [1.54, 1.807) is 0 Å². The molecule has 2 saturated heterocycles. The van der Waals surface area contributed by atoms with Crippen LogP contribution in [0, 0.1) is 6.92 Å². The lowest BCUT2D eigenvalue weighted by Crippen LogP contribution is -2.50. The van der Waals surface area contributed by atoms with Crippen LogP contribution in [0.4, 0.5) is 0 Å². The molecule has 0 aliphatic carbocycles. The van der Waals surface area contributed by atoms with Gasteiger partial charge in [-0.15, -0.1) is 0 Å². The maximum atomic E-state index is 6.02. The predicted molar refractivity (Wildman–Crippen MR) is 86.9 cm³/mol. The first-order valence-electron chi connectivity index (χ1n) is 8.30. The van der Waals surface area contributed by atoms with Gasteiger partial charge in [0.2, 0.25) is 0 Å². The number of nitrogens with zero attached hydrogens (tertiary/aromatic N) is 3. The van der Waals surface area contributed by atoms with Gasteiger partial charge in [-0.3, -0.25) is 14.8 Å². The van der Waals surface area contributed by atoms with E-state index in [-0.39, 0.29) is 0 Å². The fraction of sp³-hybridized carbons (Fsp3) is 0.500. The minimum absolute atomic E-state index is 0.307. The molecule has 4 heterocycles. The van der Waals surface area contributed by atoms with Crippen molar-refractivity contribution in [1.82, 2.24) is 14.8 Å². The Morgan fingerprint density at radius 1 is 1.13 bits per heavy atom. The van der Waals surface area contributed by atoms with Gasteiger partial charge >= 0.3 is 0 Å². The molecule has 0 saturated carbocycles. The molecule has 5 heteroatoms. The number of morpholine rings is 1. The van der Waals surface area contributed by atoms with Gasteiger partial charge in [0.05, 0.1) is 25.3 Å². The third kappa shape index (κ3) is 3.32. The number of aromatic nitrogens is 1. The highest BCUT2D eigenvalue weighted by atomic mass is 16.5. The van der Waals surface area contributed by atoms with Crippen LogP contribution in [-0.2, 0) is 17.8 Å². The summed E-state index contributed by atoms with van der Waals surface area (Å²) in [5.74, 6) is 2.03. The third-order valence-corrected chi connectivity index (χ3v) is 4.80. The number of fused-ring (bicyclic) bond motifs is 1. The first kappa shape index (κ1) is 14.9. The summed E-state index contributed by atoms with van der Waals surface area (Å²) in [7, 11) is 0. The SMILES string of the molecule is Cc1ccc(CN2CCO[C@H]3CN(Cc4ccncc4)C[C@H]32)o1. The fourth-order valence-electron chi connectivity index (χ4n) is 3.68. The molecule has 23 heavy (non-hydrogen) atoms. The Morgan fingerprint density at radius 2 is 2.00 bits per heavy atom. The van der Waals surface area contributed by atoms with Crippen molar-refractivity contribution in [3.05, 3.63) is 53.7 Å². The van der Waals surface area contributed by atoms with Gasteiger partial charge in [-0.2, -0.15) is 0 Å². The van der Waals surface area contributed by atoms with E-state index in [2.05, 4.69) is 33.0 Å². The van der Waals surface area contributed by atoms with Crippen LogP contribution >= 0.6 is 0 Å². The number of ether oxygens (including phenoxy) is 1. The summed E-state index contributed by atoms with van der Waals surface area (Å²) in [5, 5.41) is 0. The minimum Gasteiger partial charge on any atom is -0.465 e. The zero-order valence-corrected chi connectivity index (χ0v) is 13.5. The van der Waals surface area contributed by atoms with Crippen molar-refractivity contribution in [3.63, 3.8) is 0 Å². The molecule has 0 unspecified atom stereocenters. The van der Waals surface area contributed by atoms with Crippen molar-refractivity contribution in [2.75, 3.05) is 26.2 Å². The lowest BCUT2D eigenvalue weighted by molar-refractivity contribution is -0.0523. The van der Waals surface area contributed by atoms with Crippen LogP contribution in [0.1, 0.15) is 17.1 Å². The maximum Gasteiger partial charge on any atom is 0.118 e. The Kier molecular flexibility index (Phi) is 4.16. The first-order chi connectivity index (χ1) is 11.3. The summed E-state index contributed by atoms with van der Waals surface area (Å²) in [6.07, 6.45) is 4.03. The Bertz CT molecular complexity index is 643. The number of aryl methyl sites for hydroxylation is 1. The molecule has 0 spiro atoms. The van der Waals surface area contributed by atoms with Crippen LogP contribution in [0.15, 0.2) is 41.1 Å². The fourth-order valence-corrected chi connectivity index (χ4v) is 3.68. The largest absolute Gasteiger partial charge is 0.465 e. The van der Waals surface area contributed by atoms with Gasteiger partial charge in [-0.25, -0.2) is 0 Å². The molecule has 0 amide bonds. The molecule has 122 valence electrons. The number of rotatable bonds is 4. The Morgan fingerprint density at radius 3 is 2.78 bits per heavy atom. The molecule has 0 radical (unpaired) electrons. The third-order valence-electron chi connectivity index (χ3n) is 4.80. The zero-order chi connectivity index (χ0) is 15.6. The number of pyridine rings is 1. The van der Waals surface area contributed by atoms with Gasteiger partial charge in [0.1, 0.15) is 11.5 Å². The molecule has 2 aliphatic heterocycles. The summed E-state index contributed by atoms with van der Waals surface area (Å²) in [4.78, 5) is 9.09. The molecule has 2 fully saturated rings. The lowest BCUT2D eigenvalue weighted by Gasteiger charge is -2.36. The second kappa shape index (κ2) is 6.43. The topological polar surface area (TPSA) is 41.7 Å². The number of furan rings is 1. The van der Waals surface area contributed by atoms with Crippen LogP contribution in [0.25, 0.3) is 0 Å². The van der Waals surface area contributed by atoms with Gasteiger partial charge in [0.15, 0.2) is 0 Å². The summed E-state index contributed by atoms with van der Waals surface area (Å²) < 4.78 is 11.8. The Labute approximate surface area is 136 Å². The van der Waals surface area contributed by atoms with Gasteiger partial charge in [-0.05, 0) is 36.8 Å². The first-order valence-corrected chi connectivity index (χ1v) is 8.30. The average molecular weight is 313 g/mol. The van der Waals surface area contributed by atoms with Crippen molar-refractivity contribution in [2.45, 2.75) is 32.2 Å². The van der Waals surface area contributed by atoms with E-state index in [1.807, 2.05) is 25.4 Å². The van der Waals surface area contributed by atoms with E-state index in [1.165, 1.54) is 5.56 Å². The van der Waals surface area contributed by atoms with Crippen LogP contribution in [0.3, 0.4) is 0 Å². The maximum absolute atomic E-state index is 6.02. The lowest BCUT2D eigenvalue weighted by atomic mass is 10.1.